The Bertz CT molecular complexity index is 926. The van der Waals surface area contributed by atoms with E-state index in [4.69, 9.17) is 0 Å². The Morgan fingerprint density at radius 2 is 1.54 bits per heavy atom. The van der Waals surface area contributed by atoms with Crippen LogP contribution in [-0.2, 0) is 5.41 Å². The molecule has 26 heavy (non-hydrogen) atoms. The first-order valence-electron chi connectivity index (χ1n) is 9.34. The molecule has 4 rings (SSSR count). The van der Waals surface area contributed by atoms with E-state index in [9.17, 15) is 0 Å². The van der Waals surface area contributed by atoms with Crippen molar-refractivity contribution in [1.29, 1.82) is 0 Å². The summed E-state index contributed by atoms with van der Waals surface area (Å²) in [5.41, 5.74) is 6.94. The molecule has 0 saturated carbocycles. The summed E-state index contributed by atoms with van der Waals surface area (Å²) < 4.78 is 1.15. The van der Waals surface area contributed by atoms with Gasteiger partial charge in [-0.2, -0.15) is 0 Å². The highest BCUT2D eigenvalue weighted by Gasteiger charge is 2.43. The van der Waals surface area contributed by atoms with Crippen LogP contribution in [0.3, 0.4) is 0 Å². The topological polar surface area (TPSA) is 0 Å². The van der Waals surface area contributed by atoms with E-state index in [0.717, 1.165) is 17.3 Å². The zero-order valence-electron chi connectivity index (χ0n) is 14.9. The van der Waals surface area contributed by atoms with Crippen molar-refractivity contribution in [3.63, 3.8) is 0 Å². The number of hydrogen-bond donors (Lipinski definition) is 0. The van der Waals surface area contributed by atoms with Gasteiger partial charge in [-0.3, -0.25) is 0 Å². The molecular weight excluding hydrogens is 380 g/mol. The highest BCUT2D eigenvalue weighted by atomic mass is 79.9. The first-order chi connectivity index (χ1) is 12.8. The molecular formula is C25H23Br. The Kier molecular flexibility index (Phi) is 4.82. The molecule has 3 aromatic rings. The van der Waals surface area contributed by atoms with Gasteiger partial charge in [0.1, 0.15) is 0 Å². The fourth-order valence-electron chi connectivity index (χ4n) is 4.47. The van der Waals surface area contributed by atoms with Gasteiger partial charge >= 0.3 is 0 Å². The molecule has 0 spiro atoms. The summed E-state index contributed by atoms with van der Waals surface area (Å²) in [6.07, 6.45) is 6.59. The molecule has 0 nitrogen and oxygen atoms in total. The van der Waals surface area contributed by atoms with E-state index in [1.165, 1.54) is 40.7 Å². The summed E-state index contributed by atoms with van der Waals surface area (Å²) >= 11 is 3.71. The molecule has 0 aliphatic heterocycles. The second kappa shape index (κ2) is 7.25. The number of benzene rings is 3. The normalized spacial score (nSPS) is 17.6. The van der Waals surface area contributed by atoms with Crippen LogP contribution in [0.2, 0.25) is 0 Å². The number of rotatable bonds is 6. The fourth-order valence-corrected chi connectivity index (χ4v) is 4.83. The Labute approximate surface area is 164 Å². The van der Waals surface area contributed by atoms with Crippen LogP contribution in [0, 0.1) is 0 Å². The smallest absolute Gasteiger partial charge is 0.0464 e. The van der Waals surface area contributed by atoms with Crippen LogP contribution in [0.1, 0.15) is 42.4 Å². The van der Waals surface area contributed by atoms with Gasteiger partial charge in [0, 0.05) is 9.89 Å². The molecule has 0 aromatic heterocycles. The van der Waals surface area contributed by atoms with Crippen LogP contribution in [0.15, 0.2) is 89.9 Å². The molecule has 0 amide bonds. The summed E-state index contributed by atoms with van der Waals surface area (Å²) in [5.74, 6) is 0. The monoisotopic (exact) mass is 402 g/mol. The SMILES string of the molecule is C=CCCCCC1(c2ccccc2)c2ccccc2-c2ccc(Br)cc21. The lowest BCUT2D eigenvalue weighted by Gasteiger charge is -2.33. The van der Waals surface area contributed by atoms with Gasteiger partial charge in [-0.05, 0) is 59.2 Å². The van der Waals surface area contributed by atoms with Gasteiger partial charge in [-0.15, -0.1) is 6.58 Å². The Balaban J connectivity index is 1.95. The lowest BCUT2D eigenvalue weighted by molar-refractivity contribution is 0.530. The van der Waals surface area contributed by atoms with Gasteiger partial charge in [0.05, 0.1) is 0 Å². The van der Waals surface area contributed by atoms with Crippen molar-refractivity contribution in [2.24, 2.45) is 0 Å². The molecule has 0 heterocycles. The highest BCUT2D eigenvalue weighted by Crippen LogP contribution is 2.55. The average molecular weight is 403 g/mol. The number of unbranched alkanes of at least 4 members (excludes halogenated alkanes) is 2. The Hall–Kier alpha value is -2.12. The zero-order chi connectivity index (χ0) is 18.0. The van der Waals surface area contributed by atoms with Crippen LogP contribution in [0.4, 0.5) is 0 Å². The summed E-state index contributed by atoms with van der Waals surface area (Å²) in [5, 5.41) is 0. The molecule has 1 aliphatic rings. The van der Waals surface area contributed by atoms with Gasteiger partial charge in [-0.1, -0.05) is 89.1 Å². The van der Waals surface area contributed by atoms with Crippen LogP contribution < -0.4 is 0 Å². The molecule has 1 aliphatic carbocycles. The molecule has 0 bridgehead atoms. The fraction of sp³-hybridized carbons (Fsp3) is 0.200. The first-order valence-corrected chi connectivity index (χ1v) is 10.1. The van der Waals surface area contributed by atoms with Gasteiger partial charge in [0.25, 0.3) is 0 Å². The minimum absolute atomic E-state index is 0.0713. The third-order valence-corrected chi connectivity index (χ3v) is 6.09. The first kappa shape index (κ1) is 17.3. The second-order valence-electron chi connectivity index (χ2n) is 7.04. The van der Waals surface area contributed by atoms with Crippen LogP contribution in [0.25, 0.3) is 11.1 Å². The lowest BCUT2D eigenvalue weighted by Crippen LogP contribution is -2.27. The minimum Gasteiger partial charge on any atom is -0.103 e. The van der Waals surface area contributed by atoms with E-state index < -0.39 is 0 Å². The molecule has 0 N–H and O–H groups in total. The standard InChI is InChI=1S/C25H23Br/c1-2-3-4-10-17-25(19-11-6-5-7-12-19)23-14-9-8-13-21(23)22-16-15-20(26)18-24(22)25/h2,5-9,11-16,18H,1,3-4,10,17H2. The maximum absolute atomic E-state index is 3.88. The summed E-state index contributed by atoms with van der Waals surface area (Å²) in [4.78, 5) is 0. The van der Waals surface area contributed by atoms with E-state index in [2.05, 4.69) is 95.3 Å². The van der Waals surface area contributed by atoms with Crippen LogP contribution in [0.5, 0.6) is 0 Å². The van der Waals surface area contributed by atoms with E-state index in [0.29, 0.717) is 0 Å². The molecule has 0 radical (unpaired) electrons. The van der Waals surface area contributed by atoms with Crippen molar-refractivity contribution in [2.75, 3.05) is 0 Å². The van der Waals surface area contributed by atoms with Gasteiger partial charge in [0.2, 0.25) is 0 Å². The number of fused-ring (bicyclic) bond motifs is 3. The molecule has 0 saturated heterocycles. The second-order valence-corrected chi connectivity index (χ2v) is 7.96. The zero-order valence-corrected chi connectivity index (χ0v) is 16.5. The third kappa shape index (κ3) is 2.75. The number of hydrogen-bond acceptors (Lipinski definition) is 0. The maximum Gasteiger partial charge on any atom is 0.0464 e. The summed E-state index contributed by atoms with van der Waals surface area (Å²) in [7, 11) is 0. The highest BCUT2D eigenvalue weighted by molar-refractivity contribution is 9.10. The minimum atomic E-state index is -0.0713. The van der Waals surface area contributed by atoms with Crippen molar-refractivity contribution in [3.8, 4) is 11.1 Å². The Morgan fingerprint density at radius 3 is 2.35 bits per heavy atom. The van der Waals surface area contributed by atoms with E-state index >= 15 is 0 Å². The van der Waals surface area contributed by atoms with Crippen LogP contribution >= 0.6 is 15.9 Å². The van der Waals surface area contributed by atoms with Gasteiger partial charge in [0.15, 0.2) is 0 Å². The quantitative estimate of drug-likeness (QED) is 0.295. The molecule has 1 heteroatoms. The van der Waals surface area contributed by atoms with Crippen molar-refractivity contribution in [2.45, 2.75) is 31.1 Å². The molecule has 3 aromatic carbocycles. The van der Waals surface area contributed by atoms with Crippen molar-refractivity contribution in [1.82, 2.24) is 0 Å². The van der Waals surface area contributed by atoms with E-state index in [1.54, 1.807) is 0 Å². The van der Waals surface area contributed by atoms with E-state index in [-0.39, 0.29) is 5.41 Å². The van der Waals surface area contributed by atoms with Gasteiger partial charge in [-0.25, -0.2) is 0 Å². The molecule has 0 fully saturated rings. The van der Waals surface area contributed by atoms with Crippen LogP contribution in [-0.4, -0.2) is 0 Å². The average Bonchev–Trinajstić information content (AvgIpc) is 2.96. The number of halogens is 1. The molecule has 1 atom stereocenters. The lowest BCUT2D eigenvalue weighted by atomic mass is 9.69. The number of allylic oxidation sites excluding steroid dienone is 1. The Morgan fingerprint density at radius 1 is 0.808 bits per heavy atom. The largest absolute Gasteiger partial charge is 0.103 e. The van der Waals surface area contributed by atoms with Crippen molar-refractivity contribution >= 4 is 15.9 Å². The predicted octanol–water partition coefficient (Wildman–Crippen LogP) is 7.51. The van der Waals surface area contributed by atoms with E-state index in [1.807, 2.05) is 6.08 Å². The van der Waals surface area contributed by atoms with Gasteiger partial charge < -0.3 is 0 Å². The maximum atomic E-state index is 3.88. The third-order valence-electron chi connectivity index (χ3n) is 5.60. The van der Waals surface area contributed by atoms with Crippen molar-refractivity contribution < 1.29 is 0 Å². The summed E-state index contributed by atoms with van der Waals surface area (Å²) in [6, 6.07) is 26.7. The predicted molar refractivity (Wildman–Crippen MR) is 115 cm³/mol. The molecule has 1 unspecified atom stereocenters. The van der Waals surface area contributed by atoms with Crippen molar-refractivity contribution in [3.05, 3.63) is 107 Å². The molecule has 130 valence electrons. The summed E-state index contributed by atoms with van der Waals surface area (Å²) in [6.45, 7) is 3.88.